The number of nitrogens with one attached hydrogen (secondary N) is 1. The zero-order valence-electron chi connectivity index (χ0n) is 12.0. The number of aromatic nitrogens is 1. The summed E-state index contributed by atoms with van der Waals surface area (Å²) in [5, 5.41) is 8.94. The molecule has 2 aromatic heterocycles. The van der Waals surface area contributed by atoms with Crippen molar-refractivity contribution in [1.82, 2.24) is 10.5 Å². The van der Waals surface area contributed by atoms with Crippen molar-refractivity contribution in [2.24, 2.45) is 0 Å². The van der Waals surface area contributed by atoms with Crippen molar-refractivity contribution in [1.29, 1.82) is 0 Å². The molecule has 1 N–H and O–H groups in total. The van der Waals surface area contributed by atoms with E-state index in [2.05, 4.69) is 16.5 Å². The first-order chi connectivity index (χ1) is 10.8. The van der Waals surface area contributed by atoms with E-state index in [0.29, 0.717) is 12.3 Å². The van der Waals surface area contributed by atoms with Crippen LogP contribution in [0.5, 0.6) is 0 Å². The fraction of sp³-hybridized carbons (Fsp3) is 0.176. The van der Waals surface area contributed by atoms with Crippen LogP contribution in [0.2, 0.25) is 0 Å². The average molecular weight is 312 g/mol. The molecule has 0 aliphatic rings. The Kier molecular flexibility index (Phi) is 4.65. The van der Waals surface area contributed by atoms with Crippen molar-refractivity contribution in [3.8, 4) is 11.3 Å². The van der Waals surface area contributed by atoms with Gasteiger partial charge in [-0.15, -0.1) is 11.3 Å². The summed E-state index contributed by atoms with van der Waals surface area (Å²) in [5.74, 6) is 0.528. The number of carbonyl (C=O) groups excluding carboxylic acids is 1. The number of amides is 1. The van der Waals surface area contributed by atoms with Crippen LogP contribution in [0.3, 0.4) is 0 Å². The van der Waals surface area contributed by atoms with Gasteiger partial charge in [-0.1, -0.05) is 41.6 Å². The van der Waals surface area contributed by atoms with Gasteiger partial charge in [-0.25, -0.2) is 0 Å². The van der Waals surface area contributed by atoms with Crippen molar-refractivity contribution in [2.45, 2.75) is 12.8 Å². The fourth-order valence-corrected chi connectivity index (χ4v) is 2.85. The highest BCUT2D eigenvalue weighted by Crippen LogP contribution is 2.18. The first-order valence-corrected chi connectivity index (χ1v) is 7.99. The van der Waals surface area contributed by atoms with Crippen molar-refractivity contribution in [3.05, 3.63) is 64.5 Å². The molecule has 1 aromatic carbocycles. The van der Waals surface area contributed by atoms with Crippen molar-refractivity contribution < 1.29 is 9.32 Å². The van der Waals surface area contributed by atoms with E-state index in [1.54, 1.807) is 11.3 Å². The first kappa shape index (κ1) is 14.5. The molecule has 0 atom stereocenters. The second kappa shape index (κ2) is 7.04. The Bertz CT molecular complexity index is 720. The summed E-state index contributed by atoms with van der Waals surface area (Å²) < 4.78 is 5.23. The molecule has 4 nitrogen and oxygen atoms in total. The van der Waals surface area contributed by atoms with Gasteiger partial charge >= 0.3 is 0 Å². The van der Waals surface area contributed by atoms with Crippen molar-refractivity contribution in [3.63, 3.8) is 0 Å². The maximum absolute atomic E-state index is 11.9. The summed E-state index contributed by atoms with van der Waals surface area (Å²) in [5.41, 5.74) is 1.73. The van der Waals surface area contributed by atoms with E-state index >= 15 is 0 Å². The van der Waals surface area contributed by atoms with E-state index in [4.69, 9.17) is 4.52 Å². The summed E-state index contributed by atoms with van der Waals surface area (Å²) in [6, 6.07) is 15.7. The predicted octanol–water partition coefficient (Wildman–Crippen LogP) is 3.30. The quantitative estimate of drug-likeness (QED) is 0.760. The van der Waals surface area contributed by atoms with Gasteiger partial charge in [0.05, 0.1) is 6.42 Å². The Balaban J connectivity index is 1.50. The number of hydrogen-bond acceptors (Lipinski definition) is 4. The lowest BCUT2D eigenvalue weighted by Crippen LogP contribution is -2.26. The smallest absolute Gasteiger partial charge is 0.227 e. The van der Waals surface area contributed by atoms with E-state index in [1.165, 1.54) is 4.88 Å². The maximum Gasteiger partial charge on any atom is 0.227 e. The second-order valence-corrected chi connectivity index (χ2v) is 5.93. The topological polar surface area (TPSA) is 55.1 Å². The van der Waals surface area contributed by atoms with Crippen LogP contribution in [0, 0.1) is 0 Å². The minimum atomic E-state index is -0.0488. The van der Waals surface area contributed by atoms with E-state index in [0.717, 1.165) is 17.7 Å². The van der Waals surface area contributed by atoms with Crippen molar-refractivity contribution >= 4 is 17.2 Å². The third kappa shape index (κ3) is 3.83. The number of rotatable bonds is 6. The van der Waals surface area contributed by atoms with Gasteiger partial charge in [0.15, 0.2) is 0 Å². The number of benzene rings is 1. The molecule has 3 aromatic rings. The highest BCUT2D eigenvalue weighted by Gasteiger charge is 2.10. The van der Waals surface area contributed by atoms with Crippen LogP contribution in [-0.2, 0) is 17.6 Å². The van der Waals surface area contributed by atoms with Crippen LogP contribution in [0.25, 0.3) is 11.3 Å². The lowest BCUT2D eigenvalue weighted by atomic mass is 10.1. The Labute approximate surface area is 132 Å². The largest absolute Gasteiger partial charge is 0.360 e. The van der Waals surface area contributed by atoms with Gasteiger partial charge in [-0.3, -0.25) is 4.79 Å². The zero-order valence-corrected chi connectivity index (χ0v) is 12.8. The van der Waals surface area contributed by atoms with E-state index < -0.39 is 0 Å². The number of thiophene rings is 1. The molecule has 0 spiro atoms. The highest BCUT2D eigenvalue weighted by atomic mass is 32.1. The first-order valence-electron chi connectivity index (χ1n) is 7.11. The van der Waals surface area contributed by atoms with Gasteiger partial charge in [0.2, 0.25) is 5.91 Å². The SMILES string of the molecule is O=C(Cc1cc(-c2ccccc2)no1)NCCc1cccs1. The average Bonchev–Trinajstić information content (AvgIpc) is 3.20. The fourth-order valence-electron chi connectivity index (χ4n) is 2.14. The molecule has 5 heteroatoms. The predicted molar refractivity (Wildman–Crippen MR) is 86.7 cm³/mol. The van der Waals surface area contributed by atoms with Gasteiger partial charge in [0.25, 0.3) is 0 Å². The monoisotopic (exact) mass is 312 g/mol. The van der Waals surface area contributed by atoms with Crippen LogP contribution >= 0.6 is 11.3 Å². The number of carbonyl (C=O) groups is 1. The molecule has 112 valence electrons. The summed E-state index contributed by atoms with van der Waals surface area (Å²) >= 11 is 1.70. The zero-order chi connectivity index (χ0) is 15.2. The van der Waals surface area contributed by atoms with Crippen molar-refractivity contribution in [2.75, 3.05) is 6.54 Å². The minimum absolute atomic E-state index is 0.0488. The lowest BCUT2D eigenvalue weighted by molar-refractivity contribution is -0.120. The molecule has 0 unspecified atom stereocenters. The van der Waals surface area contributed by atoms with E-state index in [-0.39, 0.29) is 12.3 Å². The summed E-state index contributed by atoms with van der Waals surface area (Å²) in [7, 11) is 0. The molecular weight excluding hydrogens is 296 g/mol. The molecule has 1 amide bonds. The summed E-state index contributed by atoms with van der Waals surface area (Å²) in [6.45, 7) is 0.638. The van der Waals surface area contributed by atoms with Crippen LogP contribution in [0.1, 0.15) is 10.6 Å². The lowest BCUT2D eigenvalue weighted by Gasteiger charge is -2.01. The van der Waals surface area contributed by atoms with Gasteiger partial charge in [0, 0.05) is 23.1 Å². The molecule has 0 radical (unpaired) electrons. The third-order valence-electron chi connectivity index (χ3n) is 3.24. The normalized spacial score (nSPS) is 10.5. The van der Waals surface area contributed by atoms with Crippen LogP contribution < -0.4 is 5.32 Å². The van der Waals surface area contributed by atoms with Gasteiger partial charge in [-0.05, 0) is 17.9 Å². The molecule has 0 aliphatic heterocycles. The molecule has 0 saturated heterocycles. The molecule has 22 heavy (non-hydrogen) atoms. The van der Waals surface area contributed by atoms with E-state index in [9.17, 15) is 4.79 Å². The van der Waals surface area contributed by atoms with E-state index in [1.807, 2.05) is 47.8 Å². The highest BCUT2D eigenvalue weighted by molar-refractivity contribution is 7.09. The minimum Gasteiger partial charge on any atom is -0.360 e. The number of hydrogen-bond donors (Lipinski definition) is 1. The molecule has 0 saturated carbocycles. The Hall–Kier alpha value is -2.40. The van der Waals surface area contributed by atoms with Gasteiger partial charge in [-0.2, -0.15) is 0 Å². The third-order valence-corrected chi connectivity index (χ3v) is 4.17. The van der Waals surface area contributed by atoms with Gasteiger partial charge < -0.3 is 9.84 Å². The summed E-state index contributed by atoms with van der Waals surface area (Å²) in [6.07, 6.45) is 1.07. The molecule has 0 fully saturated rings. The standard InChI is InChI=1S/C17H16N2O2S/c20-17(18-9-8-15-7-4-10-22-15)12-14-11-16(19-21-14)13-5-2-1-3-6-13/h1-7,10-11H,8-9,12H2,(H,18,20). The second-order valence-electron chi connectivity index (χ2n) is 4.90. The Morgan fingerprint density at radius 3 is 2.82 bits per heavy atom. The maximum atomic E-state index is 11.9. The van der Waals surface area contributed by atoms with Crippen LogP contribution in [0.15, 0.2) is 58.4 Å². The molecule has 0 bridgehead atoms. The van der Waals surface area contributed by atoms with Crippen LogP contribution in [0.4, 0.5) is 0 Å². The van der Waals surface area contributed by atoms with Crippen LogP contribution in [-0.4, -0.2) is 17.6 Å². The Morgan fingerprint density at radius 2 is 2.05 bits per heavy atom. The van der Waals surface area contributed by atoms with Gasteiger partial charge in [0.1, 0.15) is 11.5 Å². The molecular formula is C17H16N2O2S. The molecule has 0 aliphatic carbocycles. The summed E-state index contributed by atoms with van der Waals surface area (Å²) in [4.78, 5) is 13.2. The molecule has 3 rings (SSSR count). The molecule has 2 heterocycles. The Morgan fingerprint density at radius 1 is 1.18 bits per heavy atom. The number of nitrogens with zero attached hydrogens (tertiary/aromatic N) is 1.